The Morgan fingerprint density at radius 1 is 0.559 bits per heavy atom. The molecular weight excluding hydrogens is 753 g/mol. The van der Waals surface area contributed by atoms with E-state index < -0.39 is 55.6 Å². The molecule has 0 aliphatic carbocycles. The van der Waals surface area contributed by atoms with Gasteiger partial charge < -0.3 is 50.7 Å². The third kappa shape index (κ3) is 28.8. The lowest BCUT2D eigenvalue weighted by atomic mass is 9.98. The van der Waals surface area contributed by atoms with E-state index in [4.69, 9.17) is 9.47 Å². The first-order valence-corrected chi connectivity index (χ1v) is 24.5. The van der Waals surface area contributed by atoms with E-state index in [1.165, 1.54) is 89.9 Å². The normalized spacial score (nSPS) is 21.0. The second kappa shape index (κ2) is 38.3. The molecule has 0 aromatic carbocycles. The summed E-state index contributed by atoms with van der Waals surface area (Å²) in [5, 5.41) is 68.2. The van der Waals surface area contributed by atoms with E-state index >= 15 is 0 Å². The number of amides is 2. The number of carbonyl (C=O) groups is 2. The molecule has 59 heavy (non-hydrogen) atoms. The first-order chi connectivity index (χ1) is 28.7. The van der Waals surface area contributed by atoms with Crippen LogP contribution in [0.2, 0.25) is 0 Å². The van der Waals surface area contributed by atoms with Crippen molar-refractivity contribution in [2.45, 2.75) is 268 Å². The molecule has 8 N–H and O–H groups in total. The van der Waals surface area contributed by atoms with Crippen molar-refractivity contribution in [2.24, 2.45) is 0 Å². The Morgan fingerprint density at radius 2 is 0.983 bits per heavy atom. The Balaban J connectivity index is 2.33. The van der Waals surface area contributed by atoms with E-state index in [0.29, 0.717) is 19.3 Å². The van der Waals surface area contributed by atoms with Gasteiger partial charge in [-0.25, -0.2) is 0 Å². The Labute approximate surface area is 359 Å². The largest absolute Gasteiger partial charge is 0.394 e. The summed E-state index contributed by atoms with van der Waals surface area (Å²) in [6, 6.07) is -1.01. The average Bonchev–Trinajstić information content (AvgIpc) is 3.23. The molecule has 1 aliphatic heterocycles. The molecule has 3 unspecified atom stereocenters. The van der Waals surface area contributed by atoms with Crippen LogP contribution in [0.5, 0.6) is 0 Å². The van der Waals surface area contributed by atoms with Crippen LogP contribution >= 0.6 is 0 Å². The fraction of sp³-hybridized carbons (Fsp3) is 0.957. The van der Waals surface area contributed by atoms with E-state index in [-0.39, 0.29) is 24.8 Å². The molecule has 0 spiro atoms. The minimum absolute atomic E-state index is 0.181. The number of aliphatic hydroxyl groups is 6. The van der Waals surface area contributed by atoms with E-state index in [0.717, 1.165) is 96.4 Å². The van der Waals surface area contributed by atoms with Crippen molar-refractivity contribution in [1.82, 2.24) is 10.6 Å². The van der Waals surface area contributed by atoms with Crippen molar-refractivity contribution < 1.29 is 49.7 Å². The predicted molar refractivity (Wildman–Crippen MR) is 236 cm³/mol. The van der Waals surface area contributed by atoms with Gasteiger partial charge in [0.15, 0.2) is 6.29 Å². The second-order valence-corrected chi connectivity index (χ2v) is 17.4. The highest BCUT2D eigenvalue weighted by Gasteiger charge is 2.44. The zero-order valence-electron chi connectivity index (χ0n) is 37.7. The van der Waals surface area contributed by atoms with Gasteiger partial charge in [0.05, 0.1) is 25.4 Å². The highest BCUT2D eigenvalue weighted by atomic mass is 16.7. The third-order valence-corrected chi connectivity index (χ3v) is 12.0. The topological polar surface area (TPSA) is 198 Å². The molecule has 1 aliphatic rings. The van der Waals surface area contributed by atoms with Crippen LogP contribution in [0.4, 0.5) is 0 Å². The fourth-order valence-corrected chi connectivity index (χ4v) is 7.93. The number of ether oxygens (including phenoxy) is 2. The van der Waals surface area contributed by atoms with Gasteiger partial charge in [-0.1, -0.05) is 181 Å². The van der Waals surface area contributed by atoms with Crippen LogP contribution in [0, 0.1) is 0 Å². The lowest BCUT2D eigenvalue weighted by molar-refractivity contribution is -0.303. The van der Waals surface area contributed by atoms with Crippen LogP contribution in [-0.4, -0.2) is 111 Å². The fourth-order valence-electron chi connectivity index (χ4n) is 7.93. The lowest BCUT2D eigenvalue weighted by Gasteiger charge is -2.40. The first-order valence-electron chi connectivity index (χ1n) is 24.5. The van der Waals surface area contributed by atoms with Gasteiger partial charge in [-0.3, -0.25) is 9.59 Å². The summed E-state index contributed by atoms with van der Waals surface area (Å²) in [5.41, 5.74) is 0. The molecule has 0 saturated carbocycles. The number of nitrogens with one attached hydrogen (secondary N) is 2. The molecular formula is C47H92N2O10. The van der Waals surface area contributed by atoms with Gasteiger partial charge >= 0.3 is 0 Å². The molecule has 1 fully saturated rings. The van der Waals surface area contributed by atoms with Crippen LogP contribution in [-0.2, 0) is 19.1 Å². The maximum Gasteiger partial charge on any atom is 0.220 e. The average molecular weight is 845 g/mol. The van der Waals surface area contributed by atoms with Crippen LogP contribution in [0.1, 0.15) is 219 Å². The third-order valence-electron chi connectivity index (χ3n) is 12.0. The van der Waals surface area contributed by atoms with E-state index in [2.05, 4.69) is 24.5 Å². The number of hydrogen-bond donors (Lipinski definition) is 8. The Kier molecular flexibility index (Phi) is 36.1. The van der Waals surface area contributed by atoms with Gasteiger partial charge in [0.2, 0.25) is 11.8 Å². The molecule has 1 saturated heterocycles. The highest BCUT2D eigenvalue weighted by molar-refractivity contribution is 5.76. The quantitative estimate of drug-likeness (QED) is 0.0283. The second-order valence-electron chi connectivity index (χ2n) is 17.4. The van der Waals surface area contributed by atoms with Gasteiger partial charge in [0.1, 0.15) is 30.5 Å². The summed E-state index contributed by atoms with van der Waals surface area (Å²) in [4.78, 5) is 25.1. The van der Waals surface area contributed by atoms with E-state index in [1.54, 1.807) is 0 Å². The summed E-state index contributed by atoms with van der Waals surface area (Å²) < 4.78 is 11.1. The van der Waals surface area contributed by atoms with Crippen molar-refractivity contribution in [3.63, 3.8) is 0 Å². The molecule has 350 valence electrons. The maximum atomic E-state index is 13.0. The summed E-state index contributed by atoms with van der Waals surface area (Å²) in [6.45, 7) is 4.30. The minimum Gasteiger partial charge on any atom is -0.394 e. The van der Waals surface area contributed by atoms with Crippen molar-refractivity contribution >= 4 is 11.8 Å². The van der Waals surface area contributed by atoms with E-state index in [1.807, 2.05) is 0 Å². The van der Waals surface area contributed by atoms with Crippen molar-refractivity contribution in [3.05, 3.63) is 0 Å². The number of unbranched alkanes of at least 4 members (excludes halogenated alkanes) is 26. The molecule has 0 aromatic rings. The lowest BCUT2D eigenvalue weighted by Crippen LogP contribution is -2.60. The molecule has 2 amide bonds. The number of rotatable bonds is 41. The molecule has 8 atom stereocenters. The van der Waals surface area contributed by atoms with Gasteiger partial charge in [0, 0.05) is 19.4 Å². The van der Waals surface area contributed by atoms with Crippen LogP contribution in [0.15, 0.2) is 0 Å². The number of carbonyl (C=O) groups excluding carboxylic acids is 2. The van der Waals surface area contributed by atoms with Crippen molar-refractivity contribution in [2.75, 3.05) is 19.8 Å². The van der Waals surface area contributed by atoms with Gasteiger partial charge in [-0.2, -0.15) is 0 Å². The molecule has 1 rings (SSSR count). The summed E-state index contributed by atoms with van der Waals surface area (Å²) in [5.74, 6) is -0.102. The molecule has 0 aromatic heterocycles. The van der Waals surface area contributed by atoms with Gasteiger partial charge in [0.25, 0.3) is 0 Å². The molecule has 12 heteroatoms. The Bertz CT molecular complexity index is 975. The summed E-state index contributed by atoms with van der Waals surface area (Å²) in [7, 11) is 0. The minimum atomic E-state index is -1.62. The standard InChI is InChI=1S/C47H92N2O10/c1-3-5-7-9-11-13-14-15-17-20-24-28-32-39(51)43(54)38(37-58-47-46(57)45(56)44(55)40(36-50)59-47)49-42(53)34-30-26-22-18-16-19-23-27-31-35-48-41(52)33-29-25-21-12-10-8-6-4-2/h38-40,43-47,50-51,54-57H,3-37H2,1-2H3,(H,48,52)(H,49,53)/t38?,39?,40-,43?,44+,45+,46-,47+/m1/s1. The monoisotopic (exact) mass is 845 g/mol. The predicted octanol–water partition coefficient (Wildman–Crippen LogP) is 7.65. The van der Waals surface area contributed by atoms with Gasteiger partial charge in [-0.15, -0.1) is 0 Å². The van der Waals surface area contributed by atoms with Crippen molar-refractivity contribution in [3.8, 4) is 0 Å². The smallest absolute Gasteiger partial charge is 0.220 e. The van der Waals surface area contributed by atoms with Crippen molar-refractivity contribution in [1.29, 1.82) is 0 Å². The van der Waals surface area contributed by atoms with Crippen LogP contribution < -0.4 is 10.6 Å². The molecule has 1 heterocycles. The number of hydrogen-bond acceptors (Lipinski definition) is 10. The Hall–Kier alpha value is -1.38. The SMILES string of the molecule is CCCCCCCCCCCCCCC(O)C(O)C(CO[C@H]1O[C@H](CO)[C@H](O)[C@H](O)[C@H]1O)NC(=O)CCCCCCCCCCCNC(=O)CCCCCCCCCC. The summed E-state index contributed by atoms with van der Waals surface area (Å²) in [6.07, 6.45) is 24.9. The highest BCUT2D eigenvalue weighted by Crippen LogP contribution is 2.23. The molecule has 0 bridgehead atoms. The van der Waals surface area contributed by atoms with Crippen LogP contribution in [0.25, 0.3) is 0 Å². The van der Waals surface area contributed by atoms with E-state index in [9.17, 15) is 40.2 Å². The molecule has 0 radical (unpaired) electrons. The molecule has 12 nitrogen and oxygen atoms in total. The zero-order valence-corrected chi connectivity index (χ0v) is 37.7. The number of aliphatic hydroxyl groups excluding tert-OH is 6. The first kappa shape index (κ1) is 55.6. The zero-order chi connectivity index (χ0) is 43.4. The van der Waals surface area contributed by atoms with Gasteiger partial charge in [-0.05, 0) is 25.7 Å². The summed E-state index contributed by atoms with van der Waals surface area (Å²) >= 11 is 0. The Morgan fingerprint density at radius 3 is 1.46 bits per heavy atom. The maximum absolute atomic E-state index is 13.0. The van der Waals surface area contributed by atoms with Crippen LogP contribution in [0.3, 0.4) is 0 Å².